The summed E-state index contributed by atoms with van der Waals surface area (Å²) in [4.78, 5) is 16.1. The van der Waals surface area contributed by atoms with E-state index in [4.69, 9.17) is 39.5 Å². The van der Waals surface area contributed by atoms with Crippen molar-refractivity contribution >= 4 is 66.7 Å². The third kappa shape index (κ3) is 4.70. The van der Waals surface area contributed by atoms with E-state index in [0.29, 0.717) is 20.2 Å². The number of imidazole rings is 1. The van der Waals surface area contributed by atoms with Gasteiger partial charge in [0, 0.05) is 18.0 Å². The molecule has 7 nitrogen and oxygen atoms in total. The molecule has 12 heteroatoms. The van der Waals surface area contributed by atoms with Crippen LogP contribution in [0.15, 0.2) is 52.2 Å². The number of nitrogens with one attached hydrogen (secondary N) is 1. The van der Waals surface area contributed by atoms with Crippen LogP contribution < -0.4 is 9.46 Å². The quantitative estimate of drug-likeness (QED) is 0.474. The highest BCUT2D eigenvalue weighted by Crippen LogP contribution is 2.33. The van der Waals surface area contributed by atoms with Crippen LogP contribution in [0.1, 0.15) is 10.5 Å². The van der Waals surface area contributed by atoms with Gasteiger partial charge in [-0.3, -0.25) is 4.79 Å². The third-order valence-electron chi connectivity index (χ3n) is 3.74. The first kappa shape index (κ1) is 21.9. The summed E-state index contributed by atoms with van der Waals surface area (Å²) in [5, 5.41) is 0.667. The second-order valence-electron chi connectivity index (χ2n) is 5.62. The largest absolute Gasteiger partial charge is 0.497 e. The summed E-state index contributed by atoms with van der Waals surface area (Å²) in [5.41, 5.74) is 0.399. The van der Waals surface area contributed by atoms with E-state index in [1.165, 1.54) is 42.4 Å². The maximum atomic E-state index is 12.6. The Labute approximate surface area is 189 Å². The van der Waals surface area contributed by atoms with E-state index in [1.807, 2.05) is 4.72 Å². The van der Waals surface area contributed by atoms with Crippen molar-refractivity contribution in [2.75, 3.05) is 7.11 Å². The zero-order chi connectivity index (χ0) is 21.3. The van der Waals surface area contributed by atoms with E-state index < -0.39 is 15.9 Å². The average Bonchev–Trinajstić information content (AvgIpc) is 3.16. The zero-order valence-corrected chi connectivity index (χ0v) is 19.2. The van der Waals surface area contributed by atoms with Gasteiger partial charge in [0.2, 0.25) is 0 Å². The Morgan fingerprint density at radius 3 is 2.41 bits per heavy atom. The minimum Gasteiger partial charge on any atom is -0.497 e. The van der Waals surface area contributed by atoms with Crippen molar-refractivity contribution in [3.05, 3.63) is 68.1 Å². The molecule has 0 unspecified atom stereocenters. The number of hydrogen-bond acceptors (Lipinski definition) is 5. The number of carbonyl (C=O) groups excluding carboxylic acids is 1. The molecule has 1 heterocycles. The molecule has 152 valence electrons. The van der Waals surface area contributed by atoms with Crippen molar-refractivity contribution in [3.8, 4) is 11.4 Å². The Bertz CT molecular complexity index is 1190. The van der Waals surface area contributed by atoms with Crippen LogP contribution in [0.2, 0.25) is 15.1 Å². The van der Waals surface area contributed by atoms with E-state index in [9.17, 15) is 13.2 Å². The number of amides is 1. The monoisotopic (exact) mass is 537 g/mol. The molecular weight excluding hydrogens is 529 g/mol. The lowest BCUT2D eigenvalue weighted by Crippen LogP contribution is -2.31. The number of ether oxygens (including phenoxy) is 1. The van der Waals surface area contributed by atoms with Gasteiger partial charge in [-0.15, -0.1) is 0 Å². The van der Waals surface area contributed by atoms with Crippen LogP contribution in [0.25, 0.3) is 5.69 Å². The van der Waals surface area contributed by atoms with E-state index in [2.05, 4.69) is 20.9 Å². The fraction of sp³-hybridized carbons (Fsp3) is 0.0588. The molecule has 0 aliphatic carbocycles. The van der Waals surface area contributed by atoms with Crippen LogP contribution in [-0.4, -0.2) is 31.0 Å². The minimum absolute atomic E-state index is 0.0595. The van der Waals surface area contributed by atoms with Gasteiger partial charge in [0.15, 0.2) is 0 Å². The highest BCUT2D eigenvalue weighted by Gasteiger charge is 2.23. The number of nitrogens with zero attached hydrogens (tertiary/aromatic N) is 2. The van der Waals surface area contributed by atoms with Gasteiger partial charge in [0.05, 0.1) is 26.7 Å². The molecule has 0 bridgehead atoms. The van der Waals surface area contributed by atoms with Gasteiger partial charge in [-0.2, -0.15) is 0 Å². The smallest absolute Gasteiger partial charge is 0.285 e. The van der Waals surface area contributed by atoms with Crippen LogP contribution in [0.5, 0.6) is 5.75 Å². The summed E-state index contributed by atoms with van der Waals surface area (Å²) >= 11 is 21.4. The summed E-state index contributed by atoms with van der Waals surface area (Å²) in [6, 6.07) is 7.28. The first-order valence-corrected chi connectivity index (χ1v) is 11.1. The number of rotatable bonds is 5. The van der Waals surface area contributed by atoms with E-state index in [0.717, 1.165) is 0 Å². The molecule has 0 saturated heterocycles. The Kier molecular flexibility index (Phi) is 6.45. The number of sulfonamides is 1. The van der Waals surface area contributed by atoms with Crippen molar-refractivity contribution < 1.29 is 17.9 Å². The third-order valence-corrected chi connectivity index (χ3v) is 7.46. The first-order chi connectivity index (χ1) is 13.6. The number of halogens is 4. The highest BCUT2D eigenvalue weighted by atomic mass is 79.9. The number of benzene rings is 2. The van der Waals surface area contributed by atoms with Gasteiger partial charge >= 0.3 is 0 Å². The topological polar surface area (TPSA) is 90.3 Å². The average molecular weight is 540 g/mol. The molecule has 1 aromatic heterocycles. The molecular formula is C17H11BrCl3N3O4S. The Hall–Kier alpha value is -1.78. The van der Waals surface area contributed by atoms with Gasteiger partial charge < -0.3 is 9.30 Å². The van der Waals surface area contributed by atoms with Gasteiger partial charge in [-0.25, -0.2) is 18.1 Å². The predicted molar refractivity (Wildman–Crippen MR) is 114 cm³/mol. The predicted octanol–water partition coefficient (Wildman–Crippen LogP) is 4.72. The fourth-order valence-corrected chi connectivity index (χ4v) is 4.50. The molecule has 1 N–H and O–H groups in total. The summed E-state index contributed by atoms with van der Waals surface area (Å²) in [7, 11) is -2.87. The Balaban J connectivity index is 1.87. The van der Waals surface area contributed by atoms with Crippen LogP contribution in [0.3, 0.4) is 0 Å². The maximum absolute atomic E-state index is 12.6. The van der Waals surface area contributed by atoms with Crippen LogP contribution >= 0.6 is 50.7 Å². The van der Waals surface area contributed by atoms with Crippen LogP contribution in [-0.2, 0) is 10.0 Å². The normalized spacial score (nSPS) is 11.3. The number of carbonyl (C=O) groups is 1. The molecule has 0 spiro atoms. The van der Waals surface area contributed by atoms with Crippen LogP contribution in [0.4, 0.5) is 0 Å². The van der Waals surface area contributed by atoms with Crippen molar-refractivity contribution in [3.63, 3.8) is 0 Å². The Morgan fingerprint density at radius 1 is 1.14 bits per heavy atom. The van der Waals surface area contributed by atoms with Crippen molar-refractivity contribution in [2.24, 2.45) is 0 Å². The molecule has 0 saturated carbocycles. The van der Waals surface area contributed by atoms with Gasteiger partial charge in [-0.1, -0.05) is 34.8 Å². The lowest BCUT2D eigenvalue weighted by atomic mass is 10.3. The van der Waals surface area contributed by atoms with Gasteiger partial charge in [0.25, 0.3) is 15.9 Å². The lowest BCUT2D eigenvalue weighted by Gasteiger charge is -2.09. The number of methoxy groups -OCH3 is 1. The molecule has 3 aromatic rings. The van der Waals surface area contributed by atoms with Crippen molar-refractivity contribution in [2.45, 2.75) is 4.90 Å². The molecule has 0 aliphatic rings. The second-order valence-corrected chi connectivity index (χ2v) is 9.29. The summed E-state index contributed by atoms with van der Waals surface area (Å²) in [5.74, 6) is -0.660. The van der Waals surface area contributed by atoms with Crippen molar-refractivity contribution in [1.82, 2.24) is 14.3 Å². The summed E-state index contributed by atoms with van der Waals surface area (Å²) in [6.07, 6.45) is 2.67. The number of aromatic nitrogens is 2. The molecule has 0 fully saturated rings. The summed E-state index contributed by atoms with van der Waals surface area (Å²) in [6.45, 7) is 0. The summed E-state index contributed by atoms with van der Waals surface area (Å²) < 4.78 is 34.1. The molecule has 0 aliphatic heterocycles. The first-order valence-electron chi connectivity index (χ1n) is 7.72. The molecule has 29 heavy (non-hydrogen) atoms. The lowest BCUT2D eigenvalue weighted by molar-refractivity contribution is 0.0977. The van der Waals surface area contributed by atoms with Gasteiger partial charge in [-0.05, 0) is 40.2 Å². The minimum atomic E-state index is -4.25. The SMILES string of the molecule is COc1ccc(Cl)c(S(=O)(=O)NC(=O)c2cn(-c3cc(Cl)c(Br)c(Cl)c3)cn2)c1. The standard InChI is InChI=1S/C17H11BrCl3N3O4S/c1-28-10-2-3-11(19)15(6-10)29(26,27)23-17(25)14-7-24(8-22-14)9-4-12(20)16(18)13(21)5-9/h2-8H,1H3,(H,23,25). The van der Waals surface area contributed by atoms with Gasteiger partial charge in [0.1, 0.15) is 22.7 Å². The molecule has 3 rings (SSSR count). The van der Waals surface area contributed by atoms with E-state index >= 15 is 0 Å². The molecule has 1 amide bonds. The Morgan fingerprint density at radius 2 is 1.79 bits per heavy atom. The van der Waals surface area contributed by atoms with E-state index in [1.54, 1.807) is 12.1 Å². The highest BCUT2D eigenvalue weighted by molar-refractivity contribution is 9.10. The second kappa shape index (κ2) is 8.53. The zero-order valence-electron chi connectivity index (χ0n) is 14.5. The van der Waals surface area contributed by atoms with Crippen LogP contribution in [0, 0.1) is 0 Å². The van der Waals surface area contributed by atoms with Crippen molar-refractivity contribution in [1.29, 1.82) is 0 Å². The molecule has 0 atom stereocenters. The molecule has 2 aromatic carbocycles. The molecule has 0 radical (unpaired) electrons. The van der Waals surface area contributed by atoms with E-state index in [-0.39, 0.29) is 21.4 Å². The fourth-order valence-electron chi connectivity index (χ4n) is 2.32. The maximum Gasteiger partial charge on any atom is 0.285 e. The number of hydrogen-bond donors (Lipinski definition) is 1.